The van der Waals surface area contributed by atoms with Crippen LogP contribution < -0.4 is 11.1 Å². The van der Waals surface area contributed by atoms with Crippen molar-refractivity contribution in [3.63, 3.8) is 0 Å². The number of benzene rings is 1. The summed E-state index contributed by atoms with van der Waals surface area (Å²) in [5.41, 5.74) is 6.31. The van der Waals surface area contributed by atoms with Crippen LogP contribution in [-0.4, -0.2) is 66.2 Å². The maximum Gasteiger partial charge on any atom is 0.342 e. The lowest BCUT2D eigenvalue weighted by Crippen LogP contribution is -2.37. The van der Waals surface area contributed by atoms with Crippen LogP contribution in [0.4, 0.5) is 0 Å². The molecule has 2 aromatic heterocycles. The molecule has 0 radical (unpaired) electrons. The highest BCUT2D eigenvalue weighted by atomic mass is 35.5. The molecule has 10 nitrogen and oxygen atoms in total. The minimum absolute atomic E-state index is 0.0589. The zero-order valence-corrected chi connectivity index (χ0v) is 19.8. The third-order valence-corrected chi connectivity index (χ3v) is 5.67. The lowest BCUT2D eigenvalue weighted by Gasteiger charge is -2.26. The molecule has 1 aliphatic heterocycles. The highest BCUT2D eigenvalue weighted by Crippen LogP contribution is 2.28. The topological polar surface area (TPSA) is 133 Å². The van der Waals surface area contributed by atoms with Gasteiger partial charge in [0.05, 0.1) is 31.9 Å². The van der Waals surface area contributed by atoms with Crippen LogP contribution in [-0.2, 0) is 20.8 Å². The molecule has 1 aromatic carbocycles. The number of fused-ring (bicyclic) bond motifs is 1. The summed E-state index contributed by atoms with van der Waals surface area (Å²) in [7, 11) is 0. The van der Waals surface area contributed by atoms with Gasteiger partial charge >= 0.3 is 5.97 Å². The average Bonchev–Trinajstić information content (AvgIpc) is 3.29. The normalized spacial score (nSPS) is 14.7. The molecule has 0 bridgehead atoms. The van der Waals surface area contributed by atoms with E-state index in [1.807, 2.05) is 0 Å². The van der Waals surface area contributed by atoms with Gasteiger partial charge in [-0.05, 0) is 30.7 Å². The van der Waals surface area contributed by atoms with E-state index < -0.39 is 11.9 Å². The Labute approximate surface area is 207 Å². The summed E-state index contributed by atoms with van der Waals surface area (Å²) in [6.45, 7) is 4.40. The predicted octanol–water partition coefficient (Wildman–Crippen LogP) is 2.37. The van der Waals surface area contributed by atoms with Gasteiger partial charge in [0.25, 0.3) is 5.91 Å². The molecule has 3 heterocycles. The number of hydrogen-bond donors (Lipinski definition) is 2. The number of ether oxygens (including phenoxy) is 2. The van der Waals surface area contributed by atoms with Gasteiger partial charge in [0.15, 0.2) is 5.82 Å². The molecule has 0 saturated carbocycles. The Morgan fingerprint density at radius 2 is 1.97 bits per heavy atom. The Morgan fingerprint density at radius 1 is 1.20 bits per heavy atom. The van der Waals surface area contributed by atoms with Crippen molar-refractivity contribution in [3.8, 4) is 0 Å². The van der Waals surface area contributed by atoms with Crippen LogP contribution in [0.3, 0.4) is 0 Å². The van der Waals surface area contributed by atoms with Crippen LogP contribution in [0.2, 0.25) is 5.02 Å². The number of nitrogens with one attached hydrogen (secondary N) is 1. The molecule has 3 aromatic rings. The van der Waals surface area contributed by atoms with Crippen molar-refractivity contribution in [2.75, 3.05) is 39.5 Å². The van der Waals surface area contributed by atoms with Gasteiger partial charge in [-0.3, -0.25) is 9.69 Å². The number of carbonyl (C=O) groups is 2. The number of furan rings is 1. The molecule has 0 spiro atoms. The zero-order valence-electron chi connectivity index (χ0n) is 19.0. The second kappa shape index (κ2) is 11.8. The summed E-state index contributed by atoms with van der Waals surface area (Å²) in [5.74, 6) is -0.332. The van der Waals surface area contributed by atoms with Crippen LogP contribution in [0.15, 0.2) is 47.3 Å². The number of morpholine rings is 1. The van der Waals surface area contributed by atoms with Crippen LogP contribution in [0.1, 0.15) is 28.4 Å². The van der Waals surface area contributed by atoms with E-state index in [0.717, 1.165) is 39.0 Å². The molecule has 35 heavy (non-hydrogen) atoms. The summed E-state index contributed by atoms with van der Waals surface area (Å²) in [6, 6.07) is 6.55. The SMILES string of the molecule is N/C=C(/C(=O)NCc1cc2cc(Cl)cc(C(=O)OCCCN3CCOCC3)c2o1)c1ncccn1. The average molecular weight is 500 g/mol. The number of halogens is 1. The van der Waals surface area contributed by atoms with Crippen LogP contribution in [0.25, 0.3) is 16.5 Å². The van der Waals surface area contributed by atoms with Gasteiger partial charge in [0.2, 0.25) is 0 Å². The molecular formula is C24H26ClN5O5. The van der Waals surface area contributed by atoms with E-state index in [1.165, 1.54) is 18.5 Å². The Bertz CT molecular complexity index is 1210. The second-order valence-electron chi connectivity index (χ2n) is 7.86. The van der Waals surface area contributed by atoms with E-state index in [9.17, 15) is 9.59 Å². The van der Waals surface area contributed by atoms with Gasteiger partial charge in [-0.2, -0.15) is 0 Å². The Morgan fingerprint density at radius 3 is 2.71 bits per heavy atom. The van der Waals surface area contributed by atoms with Gasteiger partial charge in [-0.25, -0.2) is 14.8 Å². The standard InChI is InChI=1S/C24H26ClN5O5/c25-17-11-16-12-18(15-29-23(31)20(14-26)22-27-3-1-4-28-22)35-21(16)19(13-17)24(32)34-8-2-5-30-6-9-33-10-7-30/h1,3-4,11-14H,2,5-10,15,26H2,(H,29,31)/b20-14+. The Kier molecular flexibility index (Phi) is 8.30. The highest BCUT2D eigenvalue weighted by Gasteiger charge is 2.19. The summed E-state index contributed by atoms with van der Waals surface area (Å²) >= 11 is 6.22. The smallest absolute Gasteiger partial charge is 0.342 e. The quantitative estimate of drug-likeness (QED) is 0.258. The number of aromatic nitrogens is 2. The molecule has 1 fully saturated rings. The molecule has 3 N–H and O–H groups in total. The summed E-state index contributed by atoms with van der Waals surface area (Å²) in [4.78, 5) is 35.7. The summed E-state index contributed by atoms with van der Waals surface area (Å²) < 4.78 is 16.7. The van der Waals surface area contributed by atoms with Gasteiger partial charge in [-0.15, -0.1) is 0 Å². The third-order valence-electron chi connectivity index (χ3n) is 5.45. The van der Waals surface area contributed by atoms with Crippen LogP contribution >= 0.6 is 11.6 Å². The fraction of sp³-hybridized carbons (Fsp3) is 0.333. The highest BCUT2D eigenvalue weighted by molar-refractivity contribution is 6.32. The molecule has 0 atom stereocenters. The number of carbonyl (C=O) groups excluding carboxylic acids is 2. The van der Waals surface area contributed by atoms with Crippen molar-refractivity contribution in [3.05, 3.63) is 65.0 Å². The molecule has 184 valence electrons. The summed E-state index contributed by atoms with van der Waals surface area (Å²) in [6.07, 6.45) is 4.90. The Hall–Kier alpha value is -3.47. The molecule has 0 aliphatic carbocycles. The molecule has 1 aliphatic rings. The maximum atomic E-state index is 12.7. The van der Waals surface area contributed by atoms with E-state index in [4.69, 9.17) is 31.2 Å². The largest absolute Gasteiger partial charge is 0.462 e. The fourth-order valence-electron chi connectivity index (χ4n) is 3.72. The minimum atomic E-state index is -0.515. The van der Waals surface area contributed by atoms with Gasteiger partial charge < -0.3 is 24.9 Å². The first-order valence-electron chi connectivity index (χ1n) is 11.2. The maximum absolute atomic E-state index is 12.7. The molecule has 1 amide bonds. The number of nitrogens with zero attached hydrogens (tertiary/aromatic N) is 3. The van der Waals surface area contributed by atoms with E-state index in [2.05, 4.69) is 20.2 Å². The lowest BCUT2D eigenvalue weighted by atomic mass is 10.1. The van der Waals surface area contributed by atoms with Crippen molar-refractivity contribution in [2.45, 2.75) is 13.0 Å². The first-order chi connectivity index (χ1) is 17.0. The number of nitrogens with two attached hydrogens (primary N) is 1. The molecule has 4 rings (SSSR count). The van der Waals surface area contributed by atoms with Crippen molar-refractivity contribution in [1.82, 2.24) is 20.2 Å². The third kappa shape index (κ3) is 6.36. The van der Waals surface area contributed by atoms with Crippen molar-refractivity contribution in [2.24, 2.45) is 5.73 Å². The fourth-order valence-corrected chi connectivity index (χ4v) is 3.94. The van der Waals surface area contributed by atoms with Gasteiger partial charge in [0.1, 0.15) is 16.9 Å². The van der Waals surface area contributed by atoms with Crippen molar-refractivity contribution < 1.29 is 23.5 Å². The Balaban J connectivity index is 1.38. The summed E-state index contributed by atoms with van der Waals surface area (Å²) in [5, 5.41) is 3.73. The van der Waals surface area contributed by atoms with E-state index in [1.54, 1.807) is 18.2 Å². The number of esters is 1. The first kappa shape index (κ1) is 24.6. The van der Waals surface area contributed by atoms with Gasteiger partial charge in [-0.1, -0.05) is 11.6 Å². The number of hydrogen-bond acceptors (Lipinski definition) is 9. The van der Waals surface area contributed by atoms with Crippen molar-refractivity contribution in [1.29, 1.82) is 0 Å². The minimum Gasteiger partial charge on any atom is -0.462 e. The second-order valence-corrected chi connectivity index (χ2v) is 8.30. The van der Waals surface area contributed by atoms with E-state index in [-0.39, 0.29) is 30.1 Å². The monoisotopic (exact) mass is 499 g/mol. The van der Waals surface area contributed by atoms with Gasteiger partial charge in [0, 0.05) is 48.6 Å². The van der Waals surface area contributed by atoms with Crippen molar-refractivity contribution >= 4 is 40.0 Å². The first-order valence-corrected chi connectivity index (χ1v) is 11.6. The van der Waals surface area contributed by atoms with Crippen LogP contribution in [0.5, 0.6) is 0 Å². The van der Waals surface area contributed by atoms with E-state index in [0.29, 0.717) is 28.2 Å². The zero-order chi connectivity index (χ0) is 24.6. The molecule has 1 saturated heterocycles. The molecule has 0 unspecified atom stereocenters. The van der Waals surface area contributed by atoms with Crippen LogP contribution in [0, 0.1) is 0 Å². The molecule has 11 heteroatoms. The van der Waals surface area contributed by atoms with E-state index >= 15 is 0 Å². The lowest BCUT2D eigenvalue weighted by molar-refractivity contribution is -0.115. The molecular weight excluding hydrogens is 474 g/mol. The predicted molar refractivity (Wildman–Crippen MR) is 129 cm³/mol. The number of amides is 1. The number of rotatable bonds is 9.